The molecule has 0 saturated heterocycles. The maximum atomic E-state index is 14.6. The van der Waals surface area contributed by atoms with Crippen molar-refractivity contribution in [2.45, 2.75) is 42.7 Å². The first-order valence-corrected chi connectivity index (χ1v) is 9.72. The summed E-state index contributed by atoms with van der Waals surface area (Å²) in [5, 5.41) is 30.0. The van der Waals surface area contributed by atoms with Crippen molar-refractivity contribution in [3.8, 4) is 0 Å². The second-order valence-corrected chi connectivity index (χ2v) is 9.70. The number of amidine groups is 1. The minimum atomic E-state index is -4.22. The second kappa shape index (κ2) is 7.09. The molecular formula is C16H20FN3O7S. The Morgan fingerprint density at radius 3 is 2.50 bits per heavy atom. The Morgan fingerprint density at radius 2 is 2.00 bits per heavy atom. The second-order valence-electron chi connectivity index (χ2n) is 7.02. The van der Waals surface area contributed by atoms with Crippen molar-refractivity contribution in [2.24, 2.45) is 4.99 Å². The van der Waals surface area contributed by atoms with E-state index in [2.05, 4.69) is 4.99 Å². The van der Waals surface area contributed by atoms with E-state index in [-0.39, 0.29) is 12.0 Å². The maximum Gasteiger partial charge on any atom is 0.410 e. The molecule has 1 aromatic rings. The van der Waals surface area contributed by atoms with Gasteiger partial charge in [0.15, 0.2) is 9.84 Å². The number of nitro benzene ring substituents is 1. The van der Waals surface area contributed by atoms with E-state index in [9.17, 15) is 32.8 Å². The molecule has 0 aromatic heterocycles. The van der Waals surface area contributed by atoms with Crippen LogP contribution in [-0.2, 0) is 15.4 Å². The Hall–Kier alpha value is -2.60. The molecule has 2 atom stereocenters. The quantitative estimate of drug-likeness (QED) is 0.495. The Labute approximate surface area is 160 Å². The number of sulfone groups is 1. The van der Waals surface area contributed by atoms with E-state index in [1.807, 2.05) is 5.32 Å². The molecule has 1 aromatic carbocycles. The number of aliphatic hydroxyl groups is 1. The van der Waals surface area contributed by atoms with Gasteiger partial charge in [-0.3, -0.25) is 20.4 Å². The average molecular weight is 417 g/mol. The lowest BCUT2D eigenvalue weighted by Crippen LogP contribution is -2.61. The highest BCUT2D eigenvalue weighted by molar-refractivity contribution is 7.94. The van der Waals surface area contributed by atoms with E-state index < -0.39 is 60.3 Å². The van der Waals surface area contributed by atoms with Crippen LogP contribution in [0.2, 0.25) is 0 Å². The zero-order chi connectivity index (χ0) is 21.5. The van der Waals surface area contributed by atoms with Crippen LogP contribution in [-0.4, -0.2) is 52.1 Å². The maximum absolute atomic E-state index is 14.6. The molecule has 2 unspecified atom stereocenters. The molecule has 12 heteroatoms. The molecular weight excluding hydrogens is 397 g/mol. The average Bonchev–Trinajstić information content (AvgIpc) is 2.57. The molecule has 1 aliphatic rings. The van der Waals surface area contributed by atoms with Crippen molar-refractivity contribution in [2.75, 3.05) is 6.61 Å². The Kier molecular flexibility index (Phi) is 5.50. The van der Waals surface area contributed by atoms with Gasteiger partial charge in [-0.15, -0.1) is 0 Å². The smallest absolute Gasteiger partial charge is 0.410 e. The number of carbonyl (C=O) groups is 1. The number of hydrogen-bond acceptors (Lipinski definition) is 7. The number of aliphatic imine (C=N–C) groups is 1. The van der Waals surface area contributed by atoms with Crippen LogP contribution in [0.25, 0.3) is 0 Å². The number of hydrogen-bond donors (Lipinski definition) is 3. The molecule has 0 spiro atoms. The summed E-state index contributed by atoms with van der Waals surface area (Å²) in [6.45, 7) is 3.16. The first-order valence-electron chi connectivity index (χ1n) is 8.18. The summed E-state index contributed by atoms with van der Waals surface area (Å²) in [7, 11) is -4.22. The topological polar surface area (TPSA) is 159 Å². The molecule has 0 radical (unpaired) electrons. The van der Waals surface area contributed by atoms with E-state index in [4.69, 9.17) is 5.11 Å². The van der Waals surface area contributed by atoms with Crippen LogP contribution in [0.3, 0.4) is 0 Å². The third-order valence-electron chi connectivity index (χ3n) is 4.95. The fraction of sp³-hybridized carbons (Fsp3) is 0.500. The molecule has 0 fully saturated rings. The summed E-state index contributed by atoms with van der Waals surface area (Å²) in [4.78, 5) is 25.7. The van der Waals surface area contributed by atoms with Crippen LogP contribution in [0.15, 0.2) is 23.2 Å². The number of amides is 1. The first-order chi connectivity index (χ1) is 12.8. The third-order valence-corrected chi connectivity index (χ3v) is 8.01. The molecule has 1 aliphatic heterocycles. The number of aliphatic hydroxyl groups excluding tert-OH is 1. The summed E-state index contributed by atoms with van der Waals surface area (Å²) in [5.74, 6) is -1.38. The Balaban J connectivity index is 2.88. The van der Waals surface area contributed by atoms with Crippen molar-refractivity contribution in [1.82, 2.24) is 5.32 Å². The lowest BCUT2D eigenvalue weighted by atomic mass is 9.86. The first kappa shape index (κ1) is 21.7. The number of nitro groups is 1. The van der Waals surface area contributed by atoms with Crippen molar-refractivity contribution >= 4 is 27.5 Å². The van der Waals surface area contributed by atoms with Gasteiger partial charge in [0, 0.05) is 24.3 Å². The van der Waals surface area contributed by atoms with E-state index in [1.54, 1.807) is 0 Å². The van der Waals surface area contributed by atoms with E-state index in [0.29, 0.717) is 0 Å². The number of nitrogens with zero attached hydrogens (tertiary/aromatic N) is 2. The molecule has 0 aliphatic carbocycles. The zero-order valence-corrected chi connectivity index (χ0v) is 16.2. The number of halogens is 1. The monoisotopic (exact) mass is 417 g/mol. The molecule has 28 heavy (non-hydrogen) atoms. The SMILES string of the molecule is CC1(c2cc([N+](=O)[O-])ccc2F)N=C(NC(=O)O)C(C)(C)S(=O)(=O)C1CCO. The molecule has 0 saturated carbocycles. The lowest BCUT2D eigenvalue weighted by molar-refractivity contribution is -0.385. The molecule has 1 amide bonds. The predicted molar refractivity (Wildman–Crippen MR) is 97.5 cm³/mol. The van der Waals surface area contributed by atoms with Gasteiger partial charge < -0.3 is 10.2 Å². The van der Waals surface area contributed by atoms with Crippen LogP contribution < -0.4 is 5.32 Å². The summed E-state index contributed by atoms with van der Waals surface area (Å²) in [6.07, 6.45) is -1.89. The van der Waals surface area contributed by atoms with Crippen LogP contribution in [0.1, 0.15) is 32.8 Å². The van der Waals surface area contributed by atoms with E-state index >= 15 is 0 Å². The van der Waals surface area contributed by atoms with Gasteiger partial charge in [-0.25, -0.2) is 17.6 Å². The normalized spacial score (nSPS) is 25.6. The van der Waals surface area contributed by atoms with Crippen molar-refractivity contribution in [3.05, 3.63) is 39.7 Å². The van der Waals surface area contributed by atoms with Gasteiger partial charge in [0.1, 0.15) is 21.9 Å². The van der Waals surface area contributed by atoms with Gasteiger partial charge in [-0.1, -0.05) is 0 Å². The van der Waals surface area contributed by atoms with Crippen LogP contribution in [0.5, 0.6) is 0 Å². The van der Waals surface area contributed by atoms with Gasteiger partial charge in [0.25, 0.3) is 5.69 Å². The van der Waals surface area contributed by atoms with Crippen LogP contribution in [0.4, 0.5) is 14.9 Å². The van der Waals surface area contributed by atoms with E-state index in [1.165, 1.54) is 20.8 Å². The van der Waals surface area contributed by atoms with Crippen molar-refractivity contribution in [1.29, 1.82) is 0 Å². The standard InChI is InChI=1S/C16H20FN3O7S/c1-15(2)13(18-14(22)23)19-16(3,12(6-7-21)28(15,26)27)10-8-9(20(24)25)4-5-11(10)17/h4-5,8,12,21H,6-7H2,1-3H3,(H,18,19)(H,22,23). The van der Waals surface area contributed by atoms with Gasteiger partial charge in [0.2, 0.25) is 0 Å². The number of rotatable bonds is 4. The third kappa shape index (κ3) is 3.33. The van der Waals surface area contributed by atoms with Crippen molar-refractivity contribution in [3.63, 3.8) is 0 Å². The summed E-state index contributed by atoms with van der Waals surface area (Å²) in [6, 6.07) is 2.61. The minimum Gasteiger partial charge on any atom is -0.465 e. The fourth-order valence-corrected chi connectivity index (χ4v) is 5.59. The minimum absolute atomic E-state index is 0.325. The number of non-ortho nitro benzene ring substituents is 1. The Bertz CT molecular complexity index is 961. The van der Waals surface area contributed by atoms with Gasteiger partial charge >= 0.3 is 6.09 Å². The highest BCUT2D eigenvalue weighted by atomic mass is 32.2. The Morgan fingerprint density at radius 1 is 1.39 bits per heavy atom. The molecule has 10 nitrogen and oxygen atoms in total. The highest BCUT2D eigenvalue weighted by Gasteiger charge is 2.57. The van der Waals surface area contributed by atoms with Gasteiger partial charge in [0.05, 0.1) is 10.2 Å². The summed E-state index contributed by atoms with van der Waals surface area (Å²) < 4.78 is 39.4. The van der Waals surface area contributed by atoms with Crippen LogP contribution >= 0.6 is 0 Å². The molecule has 154 valence electrons. The number of benzene rings is 1. The van der Waals surface area contributed by atoms with Gasteiger partial charge in [-0.2, -0.15) is 0 Å². The number of carboxylic acid groups (broad SMARTS) is 1. The number of nitrogens with one attached hydrogen (secondary N) is 1. The summed E-state index contributed by atoms with van der Waals surface area (Å²) in [5.41, 5.74) is -2.78. The molecule has 0 bridgehead atoms. The predicted octanol–water partition coefficient (Wildman–Crippen LogP) is 1.57. The molecule has 1 heterocycles. The van der Waals surface area contributed by atoms with E-state index in [0.717, 1.165) is 18.2 Å². The lowest BCUT2D eigenvalue weighted by Gasteiger charge is -2.44. The largest absolute Gasteiger partial charge is 0.465 e. The zero-order valence-electron chi connectivity index (χ0n) is 15.3. The summed E-state index contributed by atoms with van der Waals surface area (Å²) >= 11 is 0. The fourth-order valence-electron chi connectivity index (χ4n) is 3.31. The van der Waals surface area contributed by atoms with Gasteiger partial charge in [-0.05, 0) is 33.3 Å². The molecule has 3 N–H and O–H groups in total. The van der Waals surface area contributed by atoms with Crippen molar-refractivity contribution < 1.29 is 32.7 Å². The van der Waals surface area contributed by atoms with Crippen LogP contribution in [0, 0.1) is 15.9 Å². The highest BCUT2D eigenvalue weighted by Crippen LogP contribution is 2.45. The molecule has 2 rings (SSSR count).